The molecule has 1 aliphatic rings. The van der Waals surface area contributed by atoms with Crippen molar-refractivity contribution in [3.63, 3.8) is 0 Å². The molecule has 1 aliphatic heterocycles. The lowest BCUT2D eigenvalue weighted by Crippen LogP contribution is -2.32. The zero-order valence-electron chi connectivity index (χ0n) is 10.9. The van der Waals surface area contributed by atoms with Crippen molar-refractivity contribution in [3.8, 4) is 0 Å². The molecule has 0 aliphatic carbocycles. The highest BCUT2D eigenvalue weighted by Crippen LogP contribution is 2.15. The molecule has 2 heterocycles. The molecule has 1 atom stereocenters. The summed E-state index contributed by atoms with van der Waals surface area (Å²) < 4.78 is 0. The van der Waals surface area contributed by atoms with Gasteiger partial charge in [-0.25, -0.2) is 0 Å². The molecule has 3 heteroatoms. The van der Waals surface area contributed by atoms with Gasteiger partial charge in [0.05, 0.1) is 5.69 Å². The van der Waals surface area contributed by atoms with E-state index in [1.54, 1.807) is 0 Å². The smallest absolute Gasteiger partial charge is 0.0575 e. The van der Waals surface area contributed by atoms with E-state index in [9.17, 15) is 0 Å². The quantitative estimate of drug-likeness (QED) is 0.841. The summed E-state index contributed by atoms with van der Waals surface area (Å²) in [5.41, 5.74) is 2.64. The Kier molecular flexibility index (Phi) is 4.51. The van der Waals surface area contributed by atoms with Gasteiger partial charge in [0.2, 0.25) is 0 Å². The van der Waals surface area contributed by atoms with E-state index in [-0.39, 0.29) is 0 Å². The average molecular weight is 233 g/mol. The minimum Gasteiger partial charge on any atom is -0.313 e. The van der Waals surface area contributed by atoms with E-state index in [1.807, 2.05) is 12.3 Å². The van der Waals surface area contributed by atoms with Crippen LogP contribution in [0.1, 0.15) is 31.5 Å². The number of pyridine rings is 1. The molecule has 1 unspecified atom stereocenters. The van der Waals surface area contributed by atoms with Crippen LogP contribution in [-0.2, 0) is 13.0 Å². The molecule has 1 N–H and O–H groups in total. The predicted molar refractivity (Wildman–Crippen MR) is 71.0 cm³/mol. The molecule has 0 bridgehead atoms. The number of nitrogens with zero attached hydrogens (tertiary/aromatic N) is 2. The fourth-order valence-electron chi connectivity index (χ4n) is 2.58. The Morgan fingerprint density at radius 1 is 1.47 bits per heavy atom. The fraction of sp³-hybridized carbons (Fsp3) is 0.643. The summed E-state index contributed by atoms with van der Waals surface area (Å²) in [6.07, 6.45) is 4.25. The SMILES string of the molecule is CCNC1CCN(Cc2ncccc2CC)C1. The first-order valence-electron chi connectivity index (χ1n) is 6.72. The number of nitrogens with one attached hydrogen (secondary N) is 1. The van der Waals surface area contributed by atoms with Crippen molar-refractivity contribution in [3.05, 3.63) is 29.6 Å². The van der Waals surface area contributed by atoms with E-state index in [0.29, 0.717) is 6.04 Å². The van der Waals surface area contributed by atoms with Gasteiger partial charge in [-0.1, -0.05) is 19.9 Å². The number of aromatic nitrogens is 1. The lowest BCUT2D eigenvalue weighted by Gasteiger charge is -2.17. The van der Waals surface area contributed by atoms with Crippen molar-refractivity contribution in [2.75, 3.05) is 19.6 Å². The molecule has 1 fully saturated rings. The van der Waals surface area contributed by atoms with Gasteiger partial charge in [0, 0.05) is 31.9 Å². The zero-order valence-corrected chi connectivity index (χ0v) is 10.9. The van der Waals surface area contributed by atoms with Gasteiger partial charge in [-0.05, 0) is 31.0 Å². The highest BCUT2D eigenvalue weighted by molar-refractivity contribution is 5.19. The number of hydrogen-bond acceptors (Lipinski definition) is 3. The molecular weight excluding hydrogens is 210 g/mol. The third-order valence-corrected chi connectivity index (χ3v) is 3.50. The predicted octanol–water partition coefficient (Wildman–Crippen LogP) is 1.83. The molecule has 0 saturated carbocycles. The maximum atomic E-state index is 4.52. The molecule has 0 spiro atoms. The number of likely N-dealkylation sites (N-methyl/N-ethyl adjacent to an activating group) is 1. The molecule has 1 aromatic heterocycles. The van der Waals surface area contributed by atoms with Crippen molar-refractivity contribution >= 4 is 0 Å². The molecule has 0 radical (unpaired) electrons. The summed E-state index contributed by atoms with van der Waals surface area (Å²) in [6.45, 7) is 8.81. The lowest BCUT2D eigenvalue weighted by molar-refractivity contribution is 0.316. The fourth-order valence-corrected chi connectivity index (χ4v) is 2.58. The Labute approximate surface area is 104 Å². The monoisotopic (exact) mass is 233 g/mol. The van der Waals surface area contributed by atoms with Crippen LogP contribution in [0, 0.1) is 0 Å². The van der Waals surface area contributed by atoms with Gasteiger partial charge < -0.3 is 5.32 Å². The number of rotatable bonds is 5. The Hall–Kier alpha value is -0.930. The summed E-state index contributed by atoms with van der Waals surface area (Å²) in [4.78, 5) is 7.03. The number of aryl methyl sites for hydroxylation is 1. The van der Waals surface area contributed by atoms with Crippen LogP contribution in [0.2, 0.25) is 0 Å². The van der Waals surface area contributed by atoms with Crippen LogP contribution in [0.4, 0.5) is 0 Å². The van der Waals surface area contributed by atoms with E-state index in [4.69, 9.17) is 0 Å². The van der Waals surface area contributed by atoms with Crippen LogP contribution < -0.4 is 5.32 Å². The van der Waals surface area contributed by atoms with E-state index in [2.05, 4.69) is 35.1 Å². The Morgan fingerprint density at radius 2 is 2.35 bits per heavy atom. The third-order valence-electron chi connectivity index (χ3n) is 3.50. The van der Waals surface area contributed by atoms with Crippen molar-refractivity contribution in [1.29, 1.82) is 0 Å². The van der Waals surface area contributed by atoms with E-state index in [1.165, 1.54) is 24.2 Å². The van der Waals surface area contributed by atoms with E-state index in [0.717, 1.165) is 26.1 Å². The van der Waals surface area contributed by atoms with Gasteiger partial charge >= 0.3 is 0 Å². The average Bonchev–Trinajstić information content (AvgIpc) is 2.78. The summed E-state index contributed by atoms with van der Waals surface area (Å²) in [7, 11) is 0. The molecular formula is C14H23N3. The van der Waals surface area contributed by atoms with Crippen LogP contribution in [0.15, 0.2) is 18.3 Å². The summed E-state index contributed by atoms with van der Waals surface area (Å²) in [5.74, 6) is 0. The highest BCUT2D eigenvalue weighted by atomic mass is 15.2. The first-order chi connectivity index (χ1) is 8.33. The van der Waals surface area contributed by atoms with Crippen LogP contribution in [0.3, 0.4) is 0 Å². The van der Waals surface area contributed by atoms with Crippen LogP contribution >= 0.6 is 0 Å². The van der Waals surface area contributed by atoms with Crippen LogP contribution in [-0.4, -0.2) is 35.6 Å². The van der Waals surface area contributed by atoms with Gasteiger partial charge in [0.1, 0.15) is 0 Å². The normalized spacial score (nSPS) is 20.9. The van der Waals surface area contributed by atoms with Crippen molar-refractivity contribution < 1.29 is 0 Å². The topological polar surface area (TPSA) is 28.2 Å². The Morgan fingerprint density at radius 3 is 3.12 bits per heavy atom. The van der Waals surface area contributed by atoms with Crippen LogP contribution in [0.25, 0.3) is 0 Å². The largest absolute Gasteiger partial charge is 0.313 e. The van der Waals surface area contributed by atoms with E-state index >= 15 is 0 Å². The van der Waals surface area contributed by atoms with Gasteiger partial charge in [0.25, 0.3) is 0 Å². The van der Waals surface area contributed by atoms with Gasteiger partial charge in [-0.3, -0.25) is 9.88 Å². The molecule has 1 saturated heterocycles. The second-order valence-corrected chi connectivity index (χ2v) is 4.74. The molecule has 1 aromatic rings. The van der Waals surface area contributed by atoms with Gasteiger partial charge in [-0.15, -0.1) is 0 Å². The van der Waals surface area contributed by atoms with Crippen molar-refractivity contribution in [2.45, 2.75) is 39.3 Å². The standard InChI is InChI=1S/C14H23N3/c1-3-12-6-5-8-16-14(12)11-17-9-7-13(10-17)15-4-2/h5-6,8,13,15H,3-4,7,9-11H2,1-2H3. The molecule has 94 valence electrons. The van der Waals surface area contributed by atoms with Gasteiger partial charge in [-0.2, -0.15) is 0 Å². The maximum absolute atomic E-state index is 4.52. The zero-order chi connectivity index (χ0) is 12.1. The summed E-state index contributed by atoms with van der Waals surface area (Å²) >= 11 is 0. The molecule has 0 amide bonds. The summed E-state index contributed by atoms with van der Waals surface area (Å²) in [6, 6.07) is 4.90. The van der Waals surface area contributed by atoms with Crippen LogP contribution in [0.5, 0.6) is 0 Å². The maximum Gasteiger partial charge on any atom is 0.0575 e. The third kappa shape index (κ3) is 3.27. The lowest BCUT2D eigenvalue weighted by atomic mass is 10.1. The Bertz CT molecular complexity index is 351. The van der Waals surface area contributed by atoms with Crippen molar-refractivity contribution in [1.82, 2.24) is 15.2 Å². The number of likely N-dealkylation sites (tertiary alicyclic amines) is 1. The number of hydrogen-bond donors (Lipinski definition) is 1. The van der Waals surface area contributed by atoms with E-state index < -0.39 is 0 Å². The molecule has 17 heavy (non-hydrogen) atoms. The molecule has 2 rings (SSSR count). The molecule has 3 nitrogen and oxygen atoms in total. The highest BCUT2D eigenvalue weighted by Gasteiger charge is 2.22. The first-order valence-corrected chi connectivity index (χ1v) is 6.72. The van der Waals surface area contributed by atoms with Gasteiger partial charge in [0.15, 0.2) is 0 Å². The minimum absolute atomic E-state index is 0.675. The van der Waals surface area contributed by atoms with Crippen molar-refractivity contribution in [2.24, 2.45) is 0 Å². The minimum atomic E-state index is 0.675. The summed E-state index contributed by atoms with van der Waals surface area (Å²) in [5, 5.41) is 3.53. The first kappa shape index (κ1) is 12.5. The second-order valence-electron chi connectivity index (χ2n) is 4.74. The molecule has 0 aromatic carbocycles. The Balaban J connectivity index is 1.93. The second kappa shape index (κ2) is 6.12.